The molecule has 3 aromatic rings. The highest BCUT2D eigenvalue weighted by Crippen LogP contribution is 2.18. The second kappa shape index (κ2) is 8.14. The summed E-state index contributed by atoms with van der Waals surface area (Å²) < 4.78 is 7.25. The van der Waals surface area contributed by atoms with Crippen molar-refractivity contribution in [2.75, 3.05) is 5.32 Å². The van der Waals surface area contributed by atoms with Gasteiger partial charge in [0.05, 0.1) is 5.69 Å². The molecule has 0 atom stereocenters. The van der Waals surface area contributed by atoms with Gasteiger partial charge in [0.15, 0.2) is 4.96 Å². The van der Waals surface area contributed by atoms with E-state index in [4.69, 9.17) is 4.74 Å². The first-order chi connectivity index (χ1) is 12.5. The Morgan fingerprint density at radius 2 is 2.08 bits per heavy atom. The zero-order valence-electron chi connectivity index (χ0n) is 14.8. The number of anilines is 1. The van der Waals surface area contributed by atoms with Crippen LogP contribution in [-0.2, 0) is 11.4 Å². The number of ether oxygens (including phenoxy) is 1. The van der Waals surface area contributed by atoms with Crippen molar-refractivity contribution in [1.29, 1.82) is 0 Å². The minimum Gasteiger partial charge on any atom is -0.487 e. The fourth-order valence-corrected chi connectivity index (χ4v) is 3.33. The van der Waals surface area contributed by atoms with Crippen LogP contribution in [0.25, 0.3) is 4.96 Å². The van der Waals surface area contributed by atoms with Crippen molar-refractivity contribution in [2.24, 2.45) is 0 Å². The number of benzene rings is 1. The molecule has 2 heterocycles. The van der Waals surface area contributed by atoms with Crippen LogP contribution in [0, 0.1) is 6.92 Å². The van der Waals surface area contributed by atoms with Crippen molar-refractivity contribution in [1.82, 2.24) is 9.38 Å². The summed E-state index contributed by atoms with van der Waals surface area (Å²) >= 11 is 1.47. The number of hydrogen-bond acceptors (Lipinski definition) is 5. The summed E-state index contributed by atoms with van der Waals surface area (Å²) in [5.74, 6) is 0.672. The Morgan fingerprint density at radius 3 is 2.81 bits per heavy atom. The number of amides is 1. The number of unbranched alkanes of at least 4 members (excludes halogenated alkanes) is 1. The Hall–Kier alpha value is -2.67. The summed E-state index contributed by atoms with van der Waals surface area (Å²) in [7, 11) is 0. The molecule has 0 aliphatic carbocycles. The number of fused-ring (bicyclic) bond motifs is 1. The third-order valence-electron chi connectivity index (χ3n) is 3.82. The summed E-state index contributed by atoms with van der Waals surface area (Å²) in [6.45, 7) is 4.21. The number of nitrogens with zero attached hydrogens (tertiary/aromatic N) is 2. The largest absolute Gasteiger partial charge is 0.487 e. The Labute approximate surface area is 155 Å². The second-order valence-corrected chi connectivity index (χ2v) is 7.26. The monoisotopic (exact) mass is 371 g/mol. The highest BCUT2D eigenvalue weighted by atomic mass is 32.1. The number of carbonyl (C=O) groups is 1. The van der Waals surface area contributed by atoms with Gasteiger partial charge in [-0.1, -0.05) is 13.3 Å². The lowest BCUT2D eigenvalue weighted by molar-refractivity contribution is -0.116. The molecule has 0 radical (unpaired) electrons. The van der Waals surface area contributed by atoms with Gasteiger partial charge in [-0.2, -0.15) is 0 Å². The van der Waals surface area contributed by atoms with Gasteiger partial charge in [0, 0.05) is 29.2 Å². The van der Waals surface area contributed by atoms with Crippen molar-refractivity contribution >= 4 is 27.9 Å². The molecule has 0 aliphatic heterocycles. The number of rotatable bonds is 7. The molecule has 26 heavy (non-hydrogen) atoms. The first-order valence-corrected chi connectivity index (χ1v) is 9.38. The molecule has 0 fully saturated rings. The lowest BCUT2D eigenvalue weighted by atomic mass is 10.2. The summed E-state index contributed by atoms with van der Waals surface area (Å²) in [5, 5.41) is 2.86. The van der Waals surface area contributed by atoms with E-state index in [1.54, 1.807) is 34.9 Å². The molecule has 6 nitrogen and oxygen atoms in total. The van der Waals surface area contributed by atoms with Crippen LogP contribution >= 0.6 is 11.3 Å². The predicted molar refractivity (Wildman–Crippen MR) is 103 cm³/mol. The third-order valence-corrected chi connectivity index (χ3v) is 4.72. The smallest absolute Gasteiger partial charge is 0.258 e. The molecule has 0 saturated carbocycles. The minimum absolute atomic E-state index is 0.0183. The number of thiazole rings is 1. The Morgan fingerprint density at radius 1 is 1.31 bits per heavy atom. The summed E-state index contributed by atoms with van der Waals surface area (Å²) in [4.78, 5) is 30.0. The maximum atomic E-state index is 12.1. The maximum absolute atomic E-state index is 12.1. The average Bonchev–Trinajstić information content (AvgIpc) is 3.00. The molecule has 1 N–H and O–H groups in total. The summed E-state index contributed by atoms with van der Waals surface area (Å²) in [5.41, 5.74) is 1.22. The van der Waals surface area contributed by atoms with Crippen LogP contribution in [0.15, 0.2) is 41.3 Å². The number of aryl methyl sites for hydroxylation is 1. The number of hydrogen-bond donors (Lipinski definition) is 1. The number of nitrogens with one attached hydrogen (secondary N) is 1. The van der Waals surface area contributed by atoms with E-state index < -0.39 is 0 Å². The van der Waals surface area contributed by atoms with Crippen LogP contribution < -0.4 is 15.6 Å². The predicted octanol–water partition coefficient (Wildman–Crippen LogP) is 3.77. The lowest BCUT2D eigenvalue weighted by Crippen LogP contribution is -2.14. The minimum atomic E-state index is -0.108. The van der Waals surface area contributed by atoms with Gasteiger partial charge in [-0.3, -0.25) is 14.0 Å². The molecule has 1 aromatic carbocycles. The topological polar surface area (TPSA) is 72.7 Å². The van der Waals surface area contributed by atoms with E-state index in [1.165, 1.54) is 17.4 Å². The van der Waals surface area contributed by atoms with Crippen LogP contribution in [0.2, 0.25) is 0 Å². The Kier molecular flexibility index (Phi) is 5.68. The van der Waals surface area contributed by atoms with Crippen LogP contribution in [0.1, 0.15) is 36.8 Å². The van der Waals surface area contributed by atoms with Gasteiger partial charge in [0.2, 0.25) is 5.91 Å². The van der Waals surface area contributed by atoms with E-state index in [0.29, 0.717) is 22.8 Å². The van der Waals surface area contributed by atoms with E-state index in [1.807, 2.05) is 6.92 Å². The van der Waals surface area contributed by atoms with Gasteiger partial charge in [0.1, 0.15) is 12.4 Å². The molecule has 2 aromatic heterocycles. The first kappa shape index (κ1) is 18.1. The summed E-state index contributed by atoms with van der Waals surface area (Å²) in [6.07, 6.45) is 4.19. The average molecular weight is 371 g/mol. The molecular formula is C19H21N3O3S. The SMILES string of the molecule is CCCCC(=O)Nc1ccc(OCc2cc(=O)n3cc(C)sc3n2)cc1. The summed E-state index contributed by atoms with van der Waals surface area (Å²) in [6, 6.07) is 8.66. The molecular weight excluding hydrogens is 350 g/mol. The zero-order valence-corrected chi connectivity index (χ0v) is 15.6. The van der Waals surface area contributed by atoms with Gasteiger partial charge in [-0.15, -0.1) is 11.3 Å². The van der Waals surface area contributed by atoms with Gasteiger partial charge in [-0.25, -0.2) is 4.98 Å². The second-order valence-electron chi connectivity index (χ2n) is 6.04. The van der Waals surface area contributed by atoms with Gasteiger partial charge < -0.3 is 10.1 Å². The molecule has 0 aliphatic rings. The van der Waals surface area contributed by atoms with E-state index in [-0.39, 0.29) is 18.1 Å². The fraction of sp³-hybridized carbons (Fsp3) is 0.316. The van der Waals surface area contributed by atoms with Crippen molar-refractivity contribution in [3.05, 3.63) is 57.5 Å². The van der Waals surface area contributed by atoms with Gasteiger partial charge in [-0.05, 0) is 37.6 Å². The van der Waals surface area contributed by atoms with Crippen molar-refractivity contribution in [3.8, 4) is 5.75 Å². The van der Waals surface area contributed by atoms with Gasteiger partial charge >= 0.3 is 0 Å². The normalized spacial score (nSPS) is 10.8. The lowest BCUT2D eigenvalue weighted by Gasteiger charge is -2.08. The molecule has 0 spiro atoms. The Bertz CT molecular complexity index is 960. The van der Waals surface area contributed by atoms with E-state index in [9.17, 15) is 9.59 Å². The van der Waals surface area contributed by atoms with Gasteiger partial charge in [0.25, 0.3) is 5.56 Å². The number of aromatic nitrogens is 2. The van der Waals surface area contributed by atoms with Crippen molar-refractivity contribution < 1.29 is 9.53 Å². The highest BCUT2D eigenvalue weighted by Gasteiger charge is 2.07. The molecule has 0 saturated heterocycles. The molecule has 1 amide bonds. The highest BCUT2D eigenvalue weighted by molar-refractivity contribution is 7.16. The zero-order chi connectivity index (χ0) is 18.5. The van der Waals surface area contributed by atoms with Crippen LogP contribution in [0.4, 0.5) is 5.69 Å². The van der Waals surface area contributed by atoms with Crippen LogP contribution in [0.3, 0.4) is 0 Å². The third kappa shape index (κ3) is 4.49. The standard InChI is InChI=1S/C19H21N3O3S/c1-3-4-5-17(23)20-14-6-8-16(9-7-14)25-12-15-10-18(24)22-11-13(2)26-19(22)21-15/h6-11H,3-5,12H2,1-2H3,(H,20,23). The van der Waals surface area contributed by atoms with E-state index >= 15 is 0 Å². The number of carbonyl (C=O) groups excluding carboxylic acids is 1. The molecule has 0 unspecified atom stereocenters. The van der Waals surface area contributed by atoms with Crippen LogP contribution in [-0.4, -0.2) is 15.3 Å². The molecule has 136 valence electrons. The first-order valence-electron chi connectivity index (χ1n) is 8.56. The fourth-order valence-electron chi connectivity index (χ4n) is 2.48. The molecule has 3 rings (SSSR count). The van der Waals surface area contributed by atoms with Crippen LogP contribution in [0.5, 0.6) is 5.75 Å². The van der Waals surface area contributed by atoms with E-state index in [0.717, 1.165) is 23.4 Å². The molecule has 0 bridgehead atoms. The Balaban J connectivity index is 1.61. The van der Waals surface area contributed by atoms with E-state index in [2.05, 4.69) is 17.2 Å². The quantitative estimate of drug-likeness (QED) is 0.686. The van der Waals surface area contributed by atoms with Crippen molar-refractivity contribution in [3.63, 3.8) is 0 Å². The molecule has 7 heteroatoms. The van der Waals surface area contributed by atoms with Crippen molar-refractivity contribution in [2.45, 2.75) is 39.7 Å². The maximum Gasteiger partial charge on any atom is 0.258 e.